The molecule has 1 aromatic carbocycles. The van der Waals surface area contributed by atoms with E-state index < -0.39 is 5.60 Å². The first kappa shape index (κ1) is 22.7. The van der Waals surface area contributed by atoms with Gasteiger partial charge in [-0.2, -0.15) is 10.2 Å². The van der Waals surface area contributed by atoms with Gasteiger partial charge in [-0.05, 0) is 75.5 Å². The van der Waals surface area contributed by atoms with E-state index in [1.54, 1.807) is 6.92 Å². The van der Waals surface area contributed by atoms with Gasteiger partial charge >= 0.3 is 0 Å². The Kier molecular flexibility index (Phi) is 5.51. The second-order valence-electron chi connectivity index (χ2n) is 10.4. The van der Waals surface area contributed by atoms with Crippen LogP contribution in [0, 0.1) is 11.3 Å². The molecule has 3 atom stereocenters. The van der Waals surface area contributed by atoms with Crippen LogP contribution >= 0.6 is 0 Å². The summed E-state index contributed by atoms with van der Waals surface area (Å²) < 4.78 is 0. The van der Waals surface area contributed by atoms with Crippen molar-refractivity contribution in [1.29, 1.82) is 5.26 Å². The van der Waals surface area contributed by atoms with Gasteiger partial charge in [0.15, 0.2) is 5.82 Å². The largest absolute Gasteiger partial charge is 0.384 e. The fraction of sp³-hybridized carbons (Fsp3) is 0.407. The zero-order valence-electron chi connectivity index (χ0n) is 20.6. The number of pyridine rings is 1. The molecule has 2 unspecified atom stereocenters. The highest BCUT2D eigenvalue weighted by Crippen LogP contribution is 2.37. The monoisotopic (exact) mass is 482 g/mol. The van der Waals surface area contributed by atoms with Crippen LogP contribution in [0.3, 0.4) is 0 Å². The smallest absolute Gasteiger partial charge is 0.229 e. The van der Waals surface area contributed by atoms with Crippen molar-refractivity contribution >= 4 is 29.0 Å². The molecule has 0 radical (unpaired) electrons. The fourth-order valence-electron chi connectivity index (χ4n) is 5.84. The number of anilines is 5. The van der Waals surface area contributed by atoms with Crippen molar-refractivity contribution < 1.29 is 5.11 Å². The van der Waals surface area contributed by atoms with Crippen molar-refractivity contribution in [2.75, 3.05) is 35.7 Å². The van der Waals surface area contributed by atoms with E-state index in [-0.39, 0.29) is 0 Å². The third kappa shape index (κ3) is 4.12. The first-order valence-corrected chi connectivity index (χ1v) is 12.5. The summed E-state index contributed by atoms with van der Waals surface area (Å²) in [4.78, 5) is 18.5. The zero-order chi connectivity index (χ0) is 24.9. The number of aromatic nitrogens is 3. The summed E-state index contributed by atoms with van der Waals surface area (Å²) in [5.41, 5.74) is 3.22. The van der Waals surface area contributed by atoms with Crippen molar-refractivity contribution in [1.82, 2.24) is 19.9 Å². The van der Waals surface area contributed by atoms with Crippen molar-refractivity contribution in [2.24, 2.45) is 0 Å². The van der Waals surface area contributed by atoms with E-state index in [0.29, 0.717) is 47.3 Å². The van der Waals surface area contributed by atoms with Gasteiger partial charge in [0.2, 0.25) is 5.95 Å². The highest BCUT2D eigenvalue weighted by atomic mass is 16.3. The second kappa shape index (κ2) is 8.73. The first-order chi connectivity index (χ1) is 17.4. The molecule has 0 amide bonds. The van der Waals surface area contributed by atoms with Crippen molar-refractivity contribution in [3.8, 4) is 6.07 Å². The summed E-state index contributed by atoms with van der Waals surface area (Å²) in [7, 11) is 2.21. The molecule has 6 rings (SSSR count). The lowest BCUT2D eigenvalue weighted by Crippen LogP contribution is -2.52. The average Bonchev–Trinajstić information content (AvgIpc) is 3.32. The number of rotatable bonds is 5. The maximum Gasteiger partial charge on any atom is 0.229 e. The van der Waals surface area contributed by atoms with Crippen molar-refractivity contribution in [3.05, 3.63) is 59.4 Å². The Morgan fingerprint density at radius 3 is 2.53 bits per heavy atom. The molecule has 2 aromatic heterocycles. The molecular formula is C27H30N8O. The minimum Gasteiger partial charge on any atom is -0.384 e. The van der Waals surface area contributed by atoms with Crippen LogP contribution in [0.4, 0.5) is 29.0 Å². The number of aliphatic hydroxyl groups is 1. The van der Waals surface area contributed by atoms with Crippen LogP contribution in [-0.4, -0.2) is 57.2 Å². The van der Waals surface area contributed by atoms with Crippen LogP contribution < -0.4 is 15.5 Å². The molecule has 0 saturated carbocycles. The van der Waals surface area contributed by atoms with Gasteiger partial charge in [-0.3, -0.25) is 0 Å². The molecule has 9 heteroatoms. The number of fused-ring (bicyclic) bond motifs is 3. The van der Waals surface area contributed by atoms with E-state index in [9.17, 15) is 10.4 Å². The van der Waals surface area contributed by atoms with Crippen LogP contribution in [0.5, 0.6) is 0 Å². The van der Waals surface area contributed by atoms with Gasteiger partial charge < -0.3 is 25.5 Å². The highest BCUT2D eigenvalue weighted by molar-refractivity contribution is 5.65. The van der Waals surface area contributed by atoms with Crippen LogP contribution in [0.25, 0.3) is 0 Å². The predicted octanol–water partition coefficient (Wildman–Crippen LogP) is 3.67. The second-order valence-corrected chi connectivity index (χ2v) is 10.4. The van der Waals surface area contributed by atoms with Crippen LogP contribution in [0.1, 0.15) is 43.0 Å². The van der Waals surface area contributed by atoms with Gasteiger partial charge in [0.25, 0.3) is 0 Å². The van der Waals surface area contributed by atoms with E-state index in [2.05, 4.69) is 60.6 Å². The number of likely N-dealkylation sites (tertiary alicyclic amines) is 1. The van der Waals surface area contributed by atoms with E-state index >= 15 is 0 Å². The third-order valence-electron chi connectivity index (χ3n) is 7.61. The quantitative estimate of drug-likeness (QED) is 0.501. The molecular weight excluding hydrogens is 452 g/mol. The molecule has 2 fully saturated rings. The molecule has 1 aliphatic carbocycles. The Morgan fingerprint density at radius 2 is 1.81 bits per heavy atom. The Bertz CT molecular complexity index is 1320. The van der Waals surface area contributed by atoms with Gasteiger partial charge in [0.1, 0.15) is 23.1 Å². The Balaban J connectivity index is 1.20. The highest BCUT2D eigenvalue weighted by Gasteiger charge is 2.38. The van der Waals surface area contributed by atoms with Crippen LogP contribution in [0.2, 0.25) is 0 Å². The number of hydrogen-bond donors (Lipinski definition) is 3. The van der Waals surface area contributed by atoms with E-state index in [1.165, 1.54) is 24.7 Å². The molecule has 36 heavy (non-hydrogen) atoms. The van der Waals surface area contributed by atoms with Gasteiger partial charge in [0.05, 0.1) is 11.9 Å². The normalized spacial score (nSPS) is 24.9. The Hall–Kier alpha value is -3.74. The molecule has 0 spiro atoms. The number of piperazine rings is 1. The summed E-state index contributed by atoms with van der Waals surface area (Å²) >= 11 is 0. The number of likely N-dealkylation sites (N-methyl/N-ethyl adjacent to an activating group) is 1. The number of aryl methyl sites for hydroxylation is 1. The summed E-state index contributed by atoms with van der Waals surface area (Å²) in [5, 5.41) is 26.6. The summed E-state index contributed by atoms with van der Waals surface area (Å²) in [6.45, 7) is 4.01. The molecule has 3 N–H and O–H groups in total. The molecule has 3 aliphatic rings. The maximum atomic E-state index is 10.6. The van der Waals surface area contributed by atoms with Crippen molar-refractivity contribution in [2.45, 2.75) is 50.3 Å². The number of nitrogens with one attached hydrogen (secondary N) is 2. The van der Waals surface area contributed by atoms with Gasteiger partial charge in [0, 0.05) is 36.5 Å². The molecule has 9 nitrogen and oxygen atoms in total. The summed E-state index contributed by atoms with van der Waals surface area (Å²) in [6.07, 6.45) is 5.45. The van der Waals surface area contributed by atoms with E-state index in [4.69, 9.17) is 0 Å². The minimum atomic E-state index is -0.945. The van der Waals surface area contributed by atoms with Crippen LogP contribution in [0.15, 0.2) is 42.6 Å². The molecule has 2 aliphatic heterocycles. The lowest BCUT2D eigenvalue weighted by molar-refractivity contribution is 0.0555. The van der Waals surface area contributed by atoms with Gasteiger partial charge in [-0.25, -0.2) is 9.97 Å². The molecule has 2 saturated heterocycles. The van der Waals surface area contributed by atoms with E-state index in [1.807, 2.05) is 24.3 Å². The predicted molar refractivity (Wildman–Crippen MR) is 139 cm³/mol. The summed E-state index contributed by atoms with van der Waals surface area (Å²) in [6, 6.07) is 15.5. The number of hydrogen-bond acceptors (Lipinski definition) is 9. The zero-order valence-corrected chi connectivity index (χ0v) is 20.6. The summed E-state index contributed by atoms with van der Waals surface area (Å²) in [5.74, 6) is 1.28. The van der Waals surface area contributed by atoms with Gasteiger partial charge in [-0.15, -0.1) is 0 Å². The molecule has 184 valence electrons. The van der Waals surface area contributed by atoms with Gasteiger partial charge in [-0.1, -0.05) is 6.07 Å². The molecule has 4 heterocycles. The lowest BCUT2D eigenvalue weighted by Gasteiger charge is -2.41. The SMILES string of the molecule is CN1CC2CCC(C1)N2c1ccc(Nc2ncc(C#N)c(Nc3ccc4c(n3)[C@](C)(O)CC4)n2)cc1. The number of benzene rings is 1. The maximum absolute atomic E-state index is 10.6. The molecule has 3 aromatic rings. The Labute approximate surface area is 210 Å². The minimum absolute atomic E-state index is 0.315. The Morgan fingerprint density at radius 1 is 1.06 bits per heavy atom. The topological polar surface area (TPSA) is 113 Å². The van der Waals surface area contributed by atoms with Crippen molar-refractivity contribution in [3.63, 3.8) is 0 Å². The number of nitrogens with zero attached hydrogens (tertiary/aromatic N) is 6. The third-order valence-corrected chi connectivity index (χ3v) is 7.61. The van der Waals surface area contributed by atoms with Crippen LogP contribution in [-0.2, 0) is 12.0 Å². The number of nitriles is 1. The standard InChI is InChI=1S/C27H30N8O/c1-27(36)12-11-17-3-10-23(31-24(17)27)32-25-18(13-28)14-29-26(33-25)30-19-4-6-20(7-5-19)35-21-8-9-22(35)16-34(2)15-21/h3-7,10,14,21-22,36H,8-9,11-12,15-16H2,1-2H3,(H2,29,30,31,32,33)/t21?,22?,27-/m1/s1. The van der Waals surface area contributed by atoms with E-state index in [0.717, 1.165) is 30.8 Å². The first-order valence-electron chi connectivity index (χ1n) is 12.5. The fourth-order valence-corrected chi connectivity index (χ4v) is 5.84. The lowest BCUT2D eigenvalue weighted by atomic mass is 10.0. The average molecular weight is 483 g/mol. The molecule has 2 bridgehead atoms.